The fourth-order valence-corrected chi connectivity index (χ4v) is 2.76. The Labute approximate surface area is 141 Å². The molecule has 1 aromatic carbocycles. The SMILES string of the molecule is O=C(O)c1ccccc1N1CC[C@@H](Oc2ccc(C(F)(F)F)cn2)C1. The predicted octanol–water partition coefficient (Wildman–Crippen LogP) is 3.46. The summed E-state index contributed by atoms with van der Waals surface area (Å²) in [4.78, 5) is 16.9. The molecule has 3 rings (SSSR count). The van der Waals surface area contributed by atoms with E-state index in [1.54, 1.807) is 18.2 Å². The van der Waals surface area contributed by atoms with Crippen molar-refractivity contribution in [3.05, 3.63) is 53.7 Å². The van der Waals surface area contributed by atoms with Crippen molar-refractivity contribution < 1.29 is 27.8 Å². The zero-order valence-corrected chi connectivity index (χ0v) is 13.0. The van der Waals surface area contributed by atoms with Gasteiger partial charge in [0.25, 0.3) is 0 Å². The Balaban J connectivity index is 1.67. The molecule has 0 radical (unpaired) electrons. The molecule has 1 aromatic heterocycles. The van der Waals surface area contributed by atoms with Gasteiger partial charge in [-0.1, -0.05) is 12.1 Å². The molecule has 2 aromatic rings. The number of pyridine rings is 1. The number of hydrogen-bond acceptors (Lipinski definition) is 4. The number of aromatic carboxylic acids is 1. The second-order valence-corrected chi connectivity index (χ2v) is 5.68. The highest BCUT2D eigenvalue weighted by atomic mass is 19.4. The highest BCUT2D eigenvalue weighted by molar-refractivity contribution is 5.94. The fraction of sp³-hybridized carbons (Fsp3) is 0.294. The van der Waals surface area contributed by atoms with Gasteiger partial charge in [0, 0.05) is 25.2 Å². The summed E-state index contributed by atoms with van der Waals surface area (Å²) in [6.45, 7) is 1.03. The van der Waals surface area contributed by atoms with E-state index in [2.05, 4.69) is 4.98 Å². The zero-order chi connectivity index (χ0) is 18.0. The number of hydrogen-bond donors (Lipinski definition) is 1. The summed E-state index contributed by atoms with van der Waals surface area (Å²) in [5, 5.41) is 9.26. The number of carbonyl (C=O) groups is 1. The van der Waals surface area contributed by atoms with Crippen molar-refractivity contribution >= 4 is 11.7 Å². The molecular formula is C17H15F3N2O3. The van der Waals surface area contributed by atoms with Crippen molar-refractivity contribution in [1.29, 1.82) is 0 Å². The van der Waals surface area contributed by atoms with Crippen molar-refractivity contribution in [2.24, 2.45) is 0 Å². The maximum atomic E-state index is 12.5. The van der Waals surface area contributed by atoms with Crippen LogP contribution in [0.3, 0.4) is 0 Å². The molecule has 0 spiro atoms. The first-order valence-corrected chi connectivity index (χ1v) is 7.62. The van der Waals surface area contributed by atoms with E-state index >= 15 is 0 Å². The molecule has 0 bridgehead atoms. The van der Waals surface area contributed by atoms with Gasteiger partial charge >= 0.3 is 12.1 Å². The number of ether oxygens (including phenoxy) is 1. The lowest BCUT2D eigenvalue weighted by molar-refractivity contribution is -0.137. The van der Waals surface area contributed by atoms with Crippen LogP contribution in [-0.4, -0.2) is 35.3 Å². The molecule has 0 aliphatic carbocycles. The third-order valence-corrected chi connectivity index (χ3v) is 3.97. The summed E-state index contributed by atoms with van der Waals surface area (Å²) in [7, 11) is 0. The van der Waals surface area contributed by atoms with Crippen LogP contribution < -0.4 is 9.64 Å². The standard InChI is InChI=1S/C17H15F3N2O3/c18-17(19,20)11-5-6-15(21-9-11)25-12-7-8-22(10-12)14-4-2-1-3-13(14)16(23)24/h1-6,9,12H,7-8,10H2,(H,23,24)/t12-/m1/s1. The van der Waals surface area contributed by atoms with Gasteiger partial charge in [0.05, 0.1) is 23.4 Å². The molecule has 0 unspecified atom stereocenters. The van der Waals surface area contributed by atoms with E-state index in [9.17, 15) is 23.1 Å². The summed E-state index contributed by atoms with van der Waals surface area (Å²) < 4.78 is 43.2. The normalized spacial score (nSPS) is 17.6. The van der Waals surface area contributed by atoms with Gasteiger partial charge in [-0.25, -0.2) is 9.78 Å². The van der Waals surface area contributed by atoms with Crippen molar-refractivity contribution in [3.63, 3.8) is 0 Å². The molecule has 0 amide bonds. The van der Waals surface area contributed by atoms with Crippen molar-refractivity contribution in [2.45, 2.75) is 18.7 Å². The number of para-hydroxylation sites is 1. The number of anilines is 1. The minimum Gasteiger partial charge on any atom is -0.478 e. The third kappa shape index (κ3) is 3.84. The van der Waals surface area contributed by atoms with Crippen LogP contribution in [0.5, 0.6) is 5.88 Å². The average molecular weight is 352 g/mol. The number of benzene rings is 1. The molecule has 5 nitrogen and oxygen atoms in total. The van der Waals surface area contributed by atoms with E-state index in [1.807, 2.05) is 4.90 Å². The summed E-state index contributed by atoms with van der Waals surface area (Å²) >= 11 is 0. The third-order valence-electron chi connectivity index (χ3n) is 3.97. The quantitative estimate of drug-likeness (QED) is 0.913. The summed E-state index contributed by atoms with van der Waals surface area (Å²) in [5.74, 6) is -0.893. The van der Waals surface area contributed by atoms with Crippen LogP contribution in [0.25, 0.3) is 0 Å². The first kappa shape index (κ1) is 17.1. The number of halogens is 3. The van der Waals surface area contributed by atoms with Crippen molar-refractivity contribution in [2.75, 3.05) is 18.0 Å². The highest BCUT2D eigenvalue weighted by Gasteiger charge is 2.31. The number of aromatic nitrogens is 1. The Kier molecular flexibility index (Phi) is 4.52. The zero-order valence-electron chi connectivity index (χ0n) is 13.0. The Morgan fingerprint density at radius 1 is 1.24 bits per heavy atom. The van der Waals surface area contributed by atoms with Gasteiger partial charge in [-0.2, -0.15) is 13.2 Å². The van der Waals surface area contributed by atoms with E-state index in [-0.39, 0.29) is 17.5 Å². The second-order valence-electron chi connectivity index (χ2n) is 5.68. The molecule has 1 fully saturated rings. The molecular weight excluding hydrogens is 337 g/mol. The summed E-state index contributed by atoms with van der Waals surface area (Å²) in [6.07, 6.45) is -3.35. The Morgan fingerprint density at radius 2 is 2.00 bits per heavy atom. The smallest absolute Gasteiger partial charge is 0.417 e. The maximum Gasteiger partial charge on any atom is 0.417 e. The molecule has 1 atom stereocenters. The molecule has 1 aliphatic rings. The molecule has 8 heteroatoms. The average Bonchev–Trinajstić information content (AvgIpc) is 3.03. The van der Waals surface area contributed by atoms with Gasteiger partial charge < -0.3 is 14.7 Å². The van der Waals surface area contributed by atoms with E-state index in [4.69, 9.17) is 4.74 Å². The summed E-state index contributed by atoms with van der Waals surface area (Å²) in [6, 6.07) is 8.79. The highest BCUT2D eigenvalue weighted by Crippen LogP contribution is 2.30. The first-order chi connectivity index (χ1) is 11.8. The number of rotatable bonds is 4. The molecule has 0 saturated carbocycles. The van der Waals surface area contributed by atoms with Crippen molar-refractivity contribution in [3.8, 4) is 5.88 Å². The summed E-state index contributed by atoms with van der Waals surface area (Å²) in [5.41, 5.74) is -0.0273. The lowest BCUT2D eigenvalue weighted by Crippen LogP contribution is -2.26. The Bertz CT molecular complexity index is 762. The minimum atomic E-state index is -4.43. The minimum absolute atomic E-state index is 0.117. The maximum absolute atomic E-state index is 12.5. The number of carboxylic acids is 1. The Hall–Kier alpha value is -2.77. The van der Waals surface area contributed by atoms with E-state index < -0.39 is 17.7 Å². The van der Waals surface area contributed by atoms with Gasteiger partial charge in [-0.15, -0.1) is 0 Å². The van der Waals surface area contributed by atoms with E-state index in [0.29, 0.717) is 25.2 Å². The molecule has 1 saturated heterocycles. The lowest BCUT2D eigenvalue weighted by atomic mass is 10.1. The topological polar surface area (TPSA) is 62.7 Å². The molecule has 25 heavy (non-hydrogen) atoms. The van der Waals surface area contributed by atoms with Gasteiger partial charge in [-0.05, 0) is 18.2 Å². The van der Waals surface area contributed by atoms with Crippen molar-refractivity contribution in [1.82, 2.24) is 4.98 Å². The van der Waals surface area contributed by atoms with Gasteiger partial charge in [0.15, 0.2) is 0 Å². The Morgan fingerprint density at radius 3 is 2.64 bits per heavy atom. The monoisotopic (exact) mass is 352 g/mol. The number of carboxylic acid groups (broad SMARTS) is 1. The number of nitrogens with zero attached hydrogens (tertiary/aromatic N) is 2. The van der Waals surface area contributed by atoms with Crippen LogP contribution in [0.2, 0.25) is 0 Å². The van der Waals surface area contributed by atoms with Crippen LogP contribution >= 0.6 is 0 Å². The van der Waals surface area contributed by atoms with Crippen LogP contribution in [0.4, 0.5) is 18.9 Å². The van der Waals surface area contributed by atoms with E-state index in [1.165, 1.54) is 12.1 Å². The van der Waals surface area contributed by atoms with Crippen LogP contribution in [-0.2, 0) is 6.18 Å². The molecule has 132 valence electrons. The number of alkyl halides is 3. The van der Waals surface area contributed by atoms with Crippen LogP contribution in [0.15, 0.2) is 42.6 Å². The molecule has 1 aliphatic heterocycles. The first-order valence-electron chi connectivity index (χ1n) is 7.62. The van der Waals surface area contributed by atoms with Crippen LogP contribution in [0.1, 0.15) is 22.3 Å². The fourth-order valence-electron chi connectivity index (χ4n) is 2.76. The molecule has 1 N–H and O–H groups in total. The lowest BCUT2D eigenvalue weighted by Gasteiger charge is -2.20. The van der Waals surface area contributed by atoms with Gasteiger partial charge in [-0.3, -0.25) is 0 Å². The second kappa shape index (κ2) is 6.62. The predicted molar refractivity (Wildman–Crippen MR) is 83.9 cm³/mol. The van der Waals surface area contributed by atoms with Gasteiger partial charge in [0.1, 0.15) is 6.10 Å². The van der Waals surface area contributed by atoms with Crippen LogP contribution in [0, 0.1) is 0 Å². The largest absolute Gasteiger partial charge is 0.478 e. The van der Waals surface area contributed by atoms with E-state index in [0.717, 1.165) is 12.3 Å². The molecule has 2 heterocycles. The van der Waals surface area contributed by atoms with Gasteiger partial charge in [0.2, 0.25) is 5.88 Å².